The van der Waals surface area contributed by atoms with E-state index >= 15 is 0 Å². The van der Waals surface area contributed by atoms with Crippen LogP contribution in [0.2, 0.25) is 0 Å². The van der Waals surface area contributed by atoms with Crippen molar-refractivity contribution >= 4 is 17.9 Å². The van der Waals surface area contributed by atoms with Gasteiger partial charge in [-0.3, -0.25) is 14.4 Å². The van der Waals surface area contributed by atoms with Gasteiger partial charge in [0.1, 0.15) is 13.2 Å². The van der Waals surface area contributed by atoms with Gasteiger partial charge < -0.3 is 14.2 Å². The molecule has 2 atom stereocenters. The lowest BCUT2D eigenvalue weighted by atomic mass is 9.99. The monoisotopic (exact) mass is 1070 g/mol. The highest BCUT2D eigenvalue weighted by Crippen LogP contribution is 2.20. The summed E-state index contributed by atoms with van der Waals surface area (Å²) in [6.45, 7) is 13.9. The van der Waals surface area contributed by atoms with Crippen LogP contribution in [-0.4, -0.2) is 37.2 Å². The highest BCUT2D eigenvalue weighted by molar-refractivity contribution is 5.71. The SMILES string of the molecule is CCC(C)CCCCCCCCCCCCCCCCCCCCC(=O)OC[C@@H](COC(=O)CCCCCCCCCCCCCCCCC(C)C)OC(=O)CCCCCCCCCCCCCCCCCCC(C)C. The van der Waals surface area contributed by atoms with E-state index in [-0.39, 0.29) is 31.1 Å². The second-order valence-corrected chi connectivity index (χ2v) is 25.4. The first-order chi connectivity index (χ1) is 37.1. The highest BCUT2D eigenvalue weighted by Gasteiger charge is 2.20. The molecule has 6 nitrogen and oxygen atoms in total. The Morgan fingerprint density at radius 2 is 0.461 bits per heavy atom. The average Bonchev–Trinajstić information content (AvgIpc) is 3.40. The first-order valence-electron chi connectivity index (χ1n) is 34.6. The Morgan fingerprint density at radius 3 is 0.684 bits per heavy atom. The molecule has 0 fully saturated rings. The van der Waals surface area contributed by atoms with E-state index in [2.05, 4.69) is 41.5 Å². The molecule has 0 aromatic heterocycles. The first-order valence-corrected chi connectivity index (χ1v) is 34.6. The van der Waals surface area contributed by atoms with Gasteiger partial charge in [0.2, 0.25) is 0 Å². The summed E-state index contributed by atoms with van der Waals surface area (Å²) in [5.74, 6) is 1.78. The predicted octanol–water partition coefficient (Wildman–Crippen LogP) is 23.4. The van der Waals surface area contributed by atoms with Crippen molar-refractivity contribution in [3.05, 3.63) is 0 Å². The highest BCUT2D eigenvalue weighted by atomic mass is 16.6. The maximum absolute atomic E-state index is 12.9. The number of rotatable bonds is 63. The minimum absolute atomic E-state index is 0.0619. The summed E-state index contributed by atoms with van der Waals surface area (Å²) >= 11 is 0. The summed E-state index contributed by atoms with van der Waals surface area (Å²) in [6.07, 6.45) is 68.2. The van der Waals surface area contributed by atoms with Crippen LogP contribution >= 0.6 is 0 Å². The van der Waals surface area contributed by atoms with E-state index in [1.165, 1.54) is 276 Å². The molecule has 0 saturated heterocycles. The van der Waals surface area contributed by atoms with Crippen LogP contribution in [-0.2, 0) is 28.6 Å². The number of carbonyl (C=O) groups excluding carboxylic acids is 3. The first kappa shape index (κ1) is 74.4. The average molecular weight is 1070 g/mol. The molecule has 0 aromatic carbocycles. The zero-order valence-corrected chi connectivity index (χ0v) is 52.6. The fraction of sp³-hybridized carbons (Fsp3) is 0.957. The molecule has 76 heavy (non-hydrogen) atoms. The summed E-state index contributed by atoms with van der Waals surface area (Å²) in [5, 5.41) is 0. The predicted molar refractivity (Wildman–Crippen MR) is 330 cm³/mol. The fourth-order valence-corrected chi connectivity index (χ4v) is 10.9. The molecule has 0 aromatic rings. The summed E-state index contributed by atoms with van der Waals surface area (Å²) < 4.78 is 17.0. The molecule has 6 heteroatoms. The second-order valence-electron chi connectivity index (χ2n) is 25.4. The van der Waals surface area contributed by atoms with Gasteiger partial charge >= 0.3 is 17.9 Å². The Morgan fingerprint density at radius 1 is 0.263 bits per heavy atom. The third kappa shape index (κ3) is 61.6. The topological polar surface area (TPSA) is 78.9 Å². The Kier molecular flexibility index (Phi) is 59.8. The van der Waals surface area contributed by atoms with E-state index in [4.69, 9.17) is 14.2 Å². The minimum atomic E-state index is -0.765. The Bertz CT molecular complexity index is 1180. The molecule has 0 heterocycles. The lowest BCUT2D eigenvalue weighted by Gasteiger charge is -2.18. The van der Waals surface area contributed by atoms with Crippen molar-refractivity contribution in [3.8, 4) is 0 Å². The summed E-state index contributed by atoms with van der Waals surface area (Å²) in [4.78, 5) is 38.4. The van der Waals surface area contributed by atoms with Crippen LogP contribution in [0.1, 0.15) is 395 Å². The van der Waals surface area contributed by atoms with E-state index in [9.17, 15) is 14.4 Å². The van der Waals surface area contributed by atoms with Crippen LogP contribution < -0.4 is 0 Å². The molecular formula is C70H136O6. The van der Waals surface area contributed by atoms with Gasteiger partial charge in [-0.1, -0.05) is 356 Å². The minimum Gasteiger partial charge on any atom is -0.462 e. The quantitative estimate of drug-likeness (QED) is 0.0343. The lowest BCUT2D eigenvalue weighted by Crippen LogP contribution is -2.30. The van der Waals surface area contributed by atoms with Crippen molar-refractivity contribution in [2.45, 2.75) is 401 Å². The number of esters is 3. The van der Waals surface area contributed by atoms with Gasteiger partial charge in [0, 0.05) is 19.3 Å². The maximum atomic E-state index is 12.9. The lowest BCUT2D eigenvalue weighted by molar-refractivity contribution is -0.167. The zero-order chi connectivity index (χ0) is 55.5. The largest absolute Gasteiger partial charge is 0.462 e. The fourth-order valence-electron chi connectivity index (χ4n) is 10.9. The van der Waals surface area contributed by atoms with Crippen LogP contribution in [0.25, 0.3) is 0 Å². The Balaban J connectivity index is 4.27. The van der Waals surface area contributed by atoms with Crippen LogP contribution in [0.4, 0.5) is 0 Å². The van der Waals surface area contributed by atoms with Gasteiger partial charge in [-0.05, 0) is 37.0 Å². The summed E-state index contributed by atoms with van der Waals surface area (Å²) in [7, 11) is 0. The van der Waals surface area contributed by atoms with Gasteiger partial charge in [-0.15, -0.1) is 0 Å². The van der Waals surface area contributed by atoms with Crippen LogP contribution in [0.15, 0.2) is 0 Å². The molecule has 0 spiro atoms. The normalized spacial score (nSPS) is 12.5. The molecule has 0 radical (unpaired) electrons. The standard InChI is InChI=1S/C70H136O6/c1-7-66(6)58-52-46-40-34-28-22-15-10-8-9-11-16-23-29-35-41-47-53-59-68(71)74-62-67(63-75-69(72)60-54-48-42-36-30-24-19-18-21-27-33-39-45-51-57-65(4)5)76-70(73)61-55-49-43-37-31-25-17-13-12-14-20-26-32-38-44-50-56-64(2)3/h64-67H,7-63H2,1-6H3/t66?,67-/m0/s1. The van der Waals surface area contributed by atoms with Gasteiger partial charge in [0.15, 0.2) is 6.10 Å². The zero-order valence-electron chi connectivity index (χ0n) is 52.6. The van der Waals surface area contributed by atoms with E-state index < -0.39 is 6.10 Å². The van der Waals surface area contributed by atoms with Crippen molar-refractivity contribution in [1.82, 2.24) is 0 Å². The van der Waals surface area contributed by atoms with E-state index in [0.717, 1.165) is 75.5 Å². The van der Waals surface area contributed by atoms with E-state index in [1.807, 2.05) is 0 Å². The molecule has 0 N–H and O–H groups in total. The van der Waals surface area contributed by atoms with E-state index in [0.29, 0.717) is 19.3 Å². The molecule has 0 aliphatic carbocycles. The van der Waals surface area contributed by atoms with Gasteiger partial charge in [-0.2, -0.15) is 0 Å². The summed E-state index contributed by atoms with van der Waals surface area (Å²) in [5.41, 5.74) is 0. The summed E-state index contributed by atoms with van der Waals surface area (Å²) in [6, 6.07) is 0. The molecule has 452 valence electrons. The third-order valence-electron chi connectivity index (χ3n) is 16.5. The van der Waals surface area contributed by atoms with Gasteiger partial charge in [0.05, 0.1) is 0 Å². The Labute approximate surface area is 476 Å². The molecule has 0 rings (SSSR count). The van der Waals surface area contributed by atoms with Gasteiger partial charge in [0.25, 0.3) is 0 Å². The van der Waals surface area contributed by atoms with Crippen LogP contribution in [0.5, 0.6) is 0 Å². The van der Waals surface area contributed by atoms with E-state index in [1.54, 1.807) is 0 Å². The number of ether oxygens (including phenoxy) is 3. The smallest absolute Gasteiger partial charge is 0.306 e. The van der Waals surface area contributed by atoms with Crippen molar-refractivity contribution in [2.75, 3.05) is 13.2 Å². The van der Waals surface area contributed by atoms with Gasteiger partial charge in [-0.25, -0.2) is 0 Å². The molecule has 0 bridgehead atoms. The molecule has 0 aliphatic rings. The number of hydrogen-bond donors (Lipinski definition) is 0. The number of carbonyl (C=O) groups is 3. The Hall–Kier alpha value is -1.59. The molecule has 0 saturated carbocycles. The maximum Gasteiger partial charge on any atom is 0.306 e. The van der Waals surface area contributed by atoms with Crippen molar-refractivity contribution in [3.63, 3.8) is 0 Å². The molecular weight excluding hydrogens is 937 g/mol. The molecule has 1 unspecified atom stereocenters. The van der Waals surface area contributed by atoms with Crippen molar-refractivity contribution < 1.29 is 28.6 Å². The number of hydrogen-bond acceptors (Lipinski definition) is 6. The third-order valence-corrected chi connectivity index (χ3v) is 16.5. The second kappa shape index (κ2) is 61.0. The van der Waals surface area contributed by atoms with Crippen molar-refractivity contribution in [1.29, 1.82) is 0 Å². The van der Waals surface area contributed by atoms with Crippen LogP contribution in [0, 0.1) is 17.8 Å². The van der Waals surface area contributed by atoms with Crippen molar-refractivity contribution in [2.24, 2.45) is 17.8 Å². The molecule has 0 aliphatic heterocycles. The molecule has 0 amide bonds. The van der Waals surface area contributed by atoms with Crippen LogP contribution in [0.3, 0.4) is 0 Å². The number of unbranched alkanes of at least 4 members (excludes halogenated alkanes) is 45.